The lowest BCUT2D eigenvalue weighted by atomic mass is 10.1. The van der Waals surface area contributed by atoms with Crippen LogP contribution in [0.3, 0.4) is 0 Å². The van der Waals surface area contributed by atoms with Crippen LogP contribution in [0.15, 0.2) is 12.1 Å². The van der Waals surface area contributed by atoms with E-state index in [0.29, 0.717) is 3.70 Å². The number of carbonyl (C=O) groups is 1. The fourth-order valence-corrected chi connectivity index (χ4v) is 1.69. The zero-order chi connectivity index (χ0) is 13.1. The van der Waals surface area contributed by atoms with Crippen LogP contribution in [0.4, 0.5) is 13.2 Å². The molecule has 0 aliphatic rings. The minimum atomic E-state index is -4.51. The van der Waals surface area contributed by atoms with E-state index in [-0.39, 0.29) is 12.3 Å². The summed E-state index contributed by atoms with van der Waals surface area (Å²) in [5.74, 6) is -0.715. The van der Waals surface area contributed by atoms with E-state index in [0.717, 1.165) is 6.07 Å². The first-order valence-corrected chi connectivity index (χ1v) is 5.80. The van der Waals surface area contributed by atoms with Crippen LogP contribution in [0, 0.1) is 3.70 Å². The molecule has 0 fully saturated rings. The topological polar surface area (TPSA) is 39.2 Å². The van der Waals surface area contributed by atoms with Crippen molar-refractivity contribution in [2.24, 2.45) is 0 Å². The number of hydrogen-bond acceptors (Lipinski definition) is 3. The van der Waals surface area contributed by atoms with E-state index in [2.05, 4.69) is 9.72 Å². The molecule has 94 valence electrons. The summed E-state index contributed by atoms with van der Waals surface area (Å²) < 4.78 is 42.9. The van der Waals surface area contributed by atoms with Crippen molar-refractivity contribution in [2.75, 3.05) is 6.61 Å². The van der Waals surface area contributed by atoms with Gasteiger partial charge in [0.15, 0.2) is 0 Å². The third-order valence-electron chi connectivity index (χ3n) is 1.86. The van der Waals surface area contributed by atoms with Crippen molar-refractivity contribution >= 4 is 28.6 Å². The lowest BCUT2D eigenvalue weighted by Crippen LogP contribution is -2.16. The molecule has 17 heavy (non-hydrogen) atoms. The predicted octanol–water partition coefficient (Wildman–Crippen LogP) is 2.81. The first-order valence-electron chi connectivity index (χ1n) is 4.72. The quantitative estimate of drug-likeness (QED) is 0.473. The van der Waals surface area contributed by atoms with E-state index in [9.17, 15) is 18.0 Å². The number of rotatable bonds is 3. The maximum absolute atomic E-state index is 12.6. The average molecular weight is 359 g/mol. The molecule has 0 unspecified atom stereocenters. The van der Waals surface area contributed by atoms with Gasteiger partial charge in [0, 0.05) is 0 Å². The Kier molecular flexibility index (Phi) is 4.72. The molecule has 0 aliphatic carbocycles. The number of aromatic nitrogens is 1. The first kappa shape index (κ1) is 14.2. The van der Waals surface area contributed by atoms with Crippen LogP contribution >= 0.6 is 22.6 Å². The monoisotopic (exact) mass is 359 g/mol. The molecule has 7 heteroatoms. The number of ether oxygens (including phenoxy) is 1. The summed E-state index contributed by atoms with van der Waals surface area (Å²) in [6.45, 7) is 1.72. The number of nitrogens with zero attached hydrogens (tertiary/aromatic N) is 1. The normalized spacial score (nSPS) is 11.4. The second-order valence-electron chi connectivity index (χ2n) is 3.11. The maximum Gasteiger partial charge on any atom is 0.418 e. The number of halogens is 4. The molecule has 0 bridgehead atoms. The molecule has 0 radical (unpaired) electrons. The average Bonchev–Trinajstić information content (AvgIpc) is 2.15. The Morgan fingerprint density at radius 1 is 1.47 bits per heavy atom. The zero-order valence-corrected chi connectivity index (χ0v) is 11.0. The van der Waals surface area contributed by atoms with Crippen LogP contribution in [-0.2, 0) is 22.1 Å². The molecule has 0 saturated carbocycles. The summed E-state index contributed by atoms with van der Waals surface area (Å²) in [5.41, 5.74) is -1.20. The molecule has 1 rings (SSSR count). The van der Waals surface area contributed by atoms with Crippen LogP contribution in [-0.4, -0.2) is 17.6 Å². The van der Waals surface area contributed by atoms with E-state index in [4.69, 9.17) is 0 Å². The fourth-order valence-electron chi connectivity index (χ4n) is 1.22. The summed E-state index contributed by atoms with van der Waals surface area (Å²) in [6.07, 6.45) is -4.99. The molecular weight excluding hydrogens is 350 g/mol. The number of esters is 1. The molecule has 1 heterocycles. The van der Waals surface area contributed by atoms with Gasteiger partial charge in [-0.05, 0) is 41.6 Å². The standard InChI is InChI=1S/C10H9F3INO2/c1-2-17-9(16)5-7-6(10(11,12)13)3-4-8(14)15-7/h3-4H,2,5H2,1H3. The lowest BCUT2D eigenvalue weighted by Gasteiger charge is -2.11. The summed E-state index contributed by atoms with van der Waals surface area (Å²) in [5, 5.41) is 0. The highest BCUT2D eigenvalue weighted by atomic mass is 127. The predicted molar refractivity (Wildman–Crippen MR) is 62.3 cm³/mol. The number of pyridine rings is 1. The number of carbonyl (C=O) groups excluding carboxylic acids is 1. The van der Waals surface area contributed by atoms with Crippen LogP contribution in [0.25, 0.3) is 0 Å². The van der Waals surface area contributed by atoms with E-state index >= 15 is 0 Å². The largest absolute Gasteiger partial charge is 0.466 e. The van der Waals surface area contributed by atoms with Crippen molar-refractivity contribution in [1.29, 1.82) is 0 Å². The van der Waals surface area contributed by atoms with Crippen molar-refractivity contribution in [3.05, 3.63) is 27.1 Å². The molecule has 0 spiro atoms. The first-order chi connectivity index (χ1) is 7.84. The van der Waals surface area contributed by atoms with E-state index in [1.807, 2.05) is 0 Å². The maximum atomic E-state index is 12.6. The Balaban J connectivity index is 3.04. The number of hydrogen-bond donors (Lipinski definition) is 0. The second-order valence-corrected chi connectivity index (χ2v) is 4.21. The summed E-state index contributed by atoms with van der Waals surface area (Å²) in [6, 6.07) is 2.17. The van der Waals surface area contributed by atoms with Crippen molar-refractivity contribution < 1.29 is 22.7 Å². The molecule has 0 N–H and O–H groups in total. The molecule has 0 aromatic carbocycles. The Bertz CT molecular complexity index is 421. The minimum absolute atomic E-state index is 0.129. The Hall–Kier alpha value is -0.860. The molecule has 1 aromatic heterocycles. The summed E-state index contributed by atoms with van der Waals surface area (Å²) in [7, 11) is 0. The lowest BCUT2D eigenvalue weighted by molar-refractivity contribution is -0.143. The number of alkyl halides is 3. The van der Waals surface area contributed by atoms with E-state index < -0.39 is 24.1 Å². The highest BCUT2D eigenvalue weighted by Gasteiger charge is 2.34. The molecular formula is C10H9F3INO2. The van der Waals surface area contributed by atoms with Gasteiger partial charge in [0.2, 0.25) is 0 Å². The van der Waals surface area contributed by atoms with Gasteiger partial charge in [-0.25, -0.2) is 4.98 Å². The van der Waals surface area contributed by atoms with Crippen molar-refractivity contribution in [2.45, 2.75) is 19.5 Å². The van der Waals surface area contributed by atoms with Gasteiger partial charge >= 0.3 is 12.1 Å². The summed E-state index contributed by atoms with van der Waals surface area (Å²) >= 11 is 1.79. The van der Waals surface area contributed by atoms with E-state index in [1.165, 1.54) is 6.07 Å². The third kappa shape index (κ3) is 4.14. The molecule has 1 aromatic rings. The Morgan fingerprint density at radius 3 is 2.65 bits per heavy atom. The van der Waals surface area contributed by atoms with Gasteiger partial charge in [-0.15, -0.1) is 0 Å². The Morgan fingerprint density at radius 2 is 2.12 bits per heavy atom. The van der Waals surface area contributed by atoms with Gasteiger partial charge < -0.3 is 4.74 Å². The van der Waals surface area contributed by atoms with Crippen LogP contribution < -0.4 is 0 Å². The van der Waals surface area contributed by atoms with Gasteiger partial charge in [-0.2, -0.15) is 13.2 Å². The van der Waals surface area contributed by atoms with Gasteiger partial charge in [0.1, 0.15) is 3.70 Å². The minimum Gasteiger partial charge on any atom is -0.466 e. The molecule has 3 nitrogen and oxygen atoms in total. The van der Waals surface area contributed by atoms with Crippen molar-refractivity contribution in [3.63, 3.8) is 0 Å². The zero-order valence-electron chi connectivity index (χ0n) is 8.84. The fraction of sp³-hybridized carbons (Fsp3) is 0.400. The van der Waals surface area contributed by atoms with Crippen LogP contribution in [0.1, 0.15) is 18.2 Å². The molecule has 0 atom stereocenters. The molecule has 0 amide bonds. The van der Waals surface area contributed by atoms with Crippen LogP contribution in [0.2, 0.25) is 0 Å². The van der Waals surface area contributed by atoms with Crippen molar-refractivity contribution in [1.82, 2.24) is 4.98 Å². The highest BCUT2D eigenvalue weighted by molar-refractivity contribution is 14.1. The Labute approximate surface area is 110 Å². The molecule has 0 saturated heterocycles. The van der Waals surface area contributed by atoms with Gasteiger partial charge in [0.05, 0.1) is 24.3 Å². The van der Waals surface area contributed by atoms with Gasteiger partial charge in [0.25, 0.3) is 0 Å². The third-order valence-corrected chi connectivity index (χ3v) is 2.46. The smallest absolute Gasteiger partial charge is 0.418 e. The van der Waals surface area contributed by atoms with Crippen molar-refractivity contribution in [3.8, 4) is 0 Å². The SMILES string of the molecule is CCOC(=O)Cc1nc(I)ccc1C(F)(F)F. The van der Waals surface area contributed by atoms with Gasteiger partial charge in [-0.1, -0.05) is 0 Å². The highest BCUT2D eigenvalue weighted by Crippen LogP contribution is 2.31. The van der Waals surface area contributed by atoms with Gasteiger partial charge in [-0.3, -0.25) is 4.79 Å². The second kappa shape index (κ2) is 5.65. The van der Waals surface area contributed by atoms with E-state index in [1.54, 1.807) is 29.5 Å². The molecule has 0 aliphatic heterocycles. The van der Waals surface area contributed by atoms with Crippen LogP contribution in [0.5, 0.6) is 0 Å². The summed E-state index contributed by atoms with van der Waals surface area (Å²) in [4.78, 5) is 14.9.